The van der Waals surface area contributed by atoms with Crippen LogP contribution >= 0.6 is 0 Å². The van der Waals surface area contributed by atoms with E-state index in [9.17, 15) is 4.79 Å². The Kier molecular flexibility index (Phi) is 7.19. The monoisotopic (exact) mass is 292 g/mol. The number of rotatable bonds is 8. The standard InChI is InChI=1S/C16H28N4O/c1-12(2)20(13(3)4)11-10-15(16(21)19-17)18-14-8-6-5-7-9-14/h5-9,12-13,15,18H,10-11,17H2,1-4H3,(H,19,21). The molecule has 0 aliphatic carbocycles. The number of hydrogen-bond acceptors (Lipinski definition) is 4. The van der Waals surface area contributed by atoms with E-state index in [1.807, 2.05) is 30.3 Å². The van der Waals surface area contributed by atoms with Crippen molar-refractivity contribution in [2.75, 3.05) is 11.9 Å². The Morgan fingerprint density at radius 3 is 2.19 bits per heavy atom. The molecule has 1 aromatic carbocycles. The van der Waals surface area contributed by atoms with Crippen LogP contribution in [0.5, 0.6) is 0 Å². The number of amides is 1. The van der Waals surface area contributed by atoms with Crippen LogP contribution in [-0.2, 0) is 4.79 Å². The van der Waals surface area contributed by atoms with Gasteiger partial charge in [-0.05, 0) is 46.2 Å². The van der Waals surface area contributed by atoms with Gasteiger partial charge < -0.3 is 5.32 Å². The summed E-state index contributed by atoms with van der Waals surface area (Å²) in [7, 11) is 0. The van der Waals surface area contributed by atoms with E-state index in [0.717, 1.165) is 12.2 Å². The smallest absolute Gasteiger partial charge is 0.256 e. The van der Waals surface area contributed by atoms with Crippen molar-refractivity contribution >= 4 is 11.6 Å². The maximum Gasteiger partial charge on any atom is 0.256 e. The molecular weight excluding hydrogens is 264 g/mol. The number of carbonyl (C=O) groups is 1. The van der Waals surface area contributed by atoms with Crippen LogP contribution in [0.2, 0.25) is 0 Å². The summed E-state index contributed by atoms with van der Waals surface area (Å²) in [4.78, 5) is 14.3. The first-order valence-electron chi connectivity index (χ1n) is 7.53. The van der Waals surface area contributed by atoms with Crippen molar-refractivity contribution in [1.82, 2.24) is 10.3 Å². The molecule has 4 N–H and O–H groups in total. The molecule has 0 spiro atoms. The van der Waals surface area contributed by atoms with E-state index in [1.165, 1.54) is 0 Å². The molecule has 1 amide bonds. The molecule has 1 aromatic rings. The van der Waals surface area contributed by atoms with E-state index in [1.54, 1.807) is 0 Å². The van der Waals surface area contributed by atoms with Crippen molar-refractivity contribution in [3.8, 4) is 0 Å². The van der Waals surface area contributed by atoms with Gasteiger partial charge >= 0.3 is 0 Å². The summed E-state index contributed by atoms with van der Waals surface area (Å²) >= 11 is 0. The maximum atomic E-state index is 12.0. The first-order chi connectivity index (χ1) is 9.95. The van der Waals surface area contributed by atoms with Crippen LogP contribution < -0.4 is 16.6 Å². The molecule has 0 aliphatic heterocycles. The number of hydrogen-bond donors (Lipinski definition) is 3. The first-order valence-corrected chi connectivity index (χ1v) is 7.53. The lowest BCUT2D eigenvalue weighted by Crippen LogP contribution is -2.46. The molecule has 1 unspecified atom stereocenters. The van der Waals surface area contributed by atoms with Crippen molar-refractivity contribution in [2.24, 2.45) is 5.84 Å². The number of para-hydroxylation sites is 1. The minimum absolute atomic E-state index is 0.189. The third-order valence-corrected chi connectivity index (χ3v) is 3.58. The van der Waals surface area contributed by atoms with Gasteiger partial charge in [0.15, 0.2) is 0 Å². The number of hydrazine groups is 1. The summed E-state index contributed by atoms with van der Waals surface area (Å²) in [5, 5.41) is 3.24. The minimum atomic E-state index is -0.336. The van der Waals surface area contributed by atoms with Crippen molar-refractivity contribution in [2.45, 2.75) is 52.2 Å². The number of anilines is 1. The molecule has 0 radical (unpaired) electrons. The normalized spacial score (nSPS) is 12.8. The van der Waals surface area contributed by atoms with Crippen LogP contribution in [0.3, 0.4) is 0 Å². The zero-order chi connectivity index (χ0) is 15.8. The van der Waals surface area contributed by atoms with Crippen molar-refractivity contribution in [3.05, 3.63) is 30.3 Å². The summed E-state index contributed by atoms with van der Waals surface area (Å²) < 4.78 is 0. The van der Waals surface area contributed by atoms with E-state index in [4.69, 9.17) is 5.84 Å². The predicted molar refractivity (Wildman–Crippen MR) is 87.8 cm³/mol. The summed E-state index contributed by atoms with van der Waals surface area (Å²) in [5.74, 6) is 5.11. The topological polar surface area (TPSA) is 70.4 Å². The quantitative estimate of drug-likeness (QED) is 0.389. The van der Waals surface area contributed by atoms with Gasteiger partial charge in [-0.2, -0.15) is 0 Å². The Hall–Kier alpha value is -1.59. The summed E-state index contributed by atoms with van der Waals surface area (Å²) in [6, 6.07) is 10.3. The molecule has 1 atom stereocenters. The fourth-order valence-corrected chi connectivity index (χ4v) is 2.50. The average molecular weight is 292 g/mol. The van der Waals surface area contributed by atoms with Gasteiger partial charge in [0.1, 0.15) is 6.04 Å². The highest BCUT2D eigenvalue weighted by atomic mass is 16.2. The van der Waals surface area contributed by atoms with E-state index in [-0.39, 0.29) is 11.9 Å². The molecular formula is C16H28N4O. The Morgan fingerprint density at radius 2 is 1.71 bits per heavy atom. The number of benzene rings is 1. The Labute approximate surface area is 127 Å². The Morgan fingerprint density at radius 1 is 1.14 bits per heavy atom. The van der Waals surface area contributed by atoms with Gasteiger partial charge in [0.2, 0.25) is 0 Å². The van der Waals surface area contributed by atoms with Crippen LogP contribution in [0.15, 0.2) is 30.3 Å². The highest BCUT2D eigenvalue weighted by Crippen LogP contribution is 2.12. The Balaban J connectivity index is 2.68. The number of nitrogens with two attached hydrogens (primary N) is 1. The fraction of sp³-hybridized carbons (Fsp3) is 0.562. The lowest BCUT2D eigenvalue weighted by atomic mass is 10.1. The minimum Gasteiger partial charge on any atom is -0.374 e. The molecule has 0 aromatic heterocycles. The number of nitrogens with one attached hydrogen (secondary N) is 2. The summed E-state index contributed by atoms with van der Waals surface area (Å²) in [5.41, 5.74) is 3.17. The van der Waals surface area contributed by atoms with Crippen molar-refractivity contribution < 1.29 is 4.79 Å². The van der Waals surface area contributed by atoms with E-state index in [0.29, 0.717) is 18.5 Å². The molecule has 0 saturated heterocycles. The van der Waals surface area contributed by atoms with Crippen LogP contribution in [0, 0.1) is 0 Å². The molecule has 0 heterocycles. The van der Waals surface area contributed by atoms with Gasteiger partial charge in [0, 0.05) is 24.3 Å². The third-order valence-electron chi connectivity index (χ3n) is 3.58. The molecule has 1 rings (SSSR count). The first kappa shape index (κ1) is 17.5. The third kappa shape index (κ3) is 5.73. The lowest BCUT2D eigenvalue weighted by Gasteiger charge is -2.32. The van der Waals surface area contributed by atoms with Crippen LogP contribution in [0.25, 0.3) is 0 Å². The van der Waals surface area contributed by atoms with Crippen LogP contribution in [-0.4, -0.2) is 35.5 Å². The molecule has 0 bridgehead atoms. The highest BCUT2D eigenvalue weighted by molar-refractivity contribution is 5.84. The zero-order valence-corrected chi connectivity index (χ0v) is 13.5. The molecule has 5 nitrogen and oxygen atoms in total. The summed E-state index contributed by atoms with van der Waals surface area (Å²) in [6.07, 6.45) is 0.703. The molecule has 0 saturated carbocycles. The SMILES string of the molecule is CC(C)N(CCC(Nc1ccccc1)C(=O)NN)C(C)C. The molecule has 0 fully saturated rings. The molecule has 21 heavy (non-hydrogen) atoms. The van der Waals surface area contributed by atoms with Gasteiger partial charge in [0.25, 0.3) is 5.91 Å². The zero-order valence-electron chi connectivity index (χ0n) is 13.5. The molecule has 0 aliphatic rings. The lowest BCUT2D eigenvalue weighted by molar-refractivity contribution is -0.122. The molecule has 5 heteroatoms. The number of carbonyl (C=O) groups excluding carboxylic acids is 1. The van der Waals surface area contributed by atoms with E-state index in [2.05, 4.69) is 43.3 Å². The maximum absolute atomic E-state index is 12.0. The van der Waals surface area contributed by atoms with Crippen molar-refractivity contribution in [3.63, 3.8) is 0 Å². The van der Waals surface area contributed by atoms with Gasteiger partial charge in [-0.3, -0.25) is 15.1 Å². The van der Waals surface area contributed by atoms with E-state index < -0.39 is 0 Å². The van der Waals surface area contributed by atoms with Gasteiger partial charge in [0.05, 0.1) is 0 Å². The largest absolute Gasteiger partial charge is 0.374 e. The second-order valence-corrected chi connectivity index (χ2v) is 5.79. The molecule has 118 valence electrons. The average Bonchev–Trinajstić information content (AvgIpc) is 2.45. The van der Waals surface area contributed by atoms with Crippen LogP contribution in [0.4, 0.5) is 5.69 Å². The van der Waals surface area contributed by atoms with Crippen molar-refractivity contribution in [1.29, 1.82) is 0 Å². The van der Waals surface area contributed by atoms with Gasteiger partial charge in [-0.15, -0.1) is 0 Å². The van der Waals surface area contributed by atoms with Crippen LogP contribution in [0.1, 0.15) is 34.1 Å². The van der Waals surface area contributed by atoms with E-state index >= 15 is 0 Å². The highest BCUT2D eigenvalue weighted by Gasteiger charge is 2.20. The van der Waals surface area contributed by atoms with Gasteiger partial charge in [-0.1, -0.05) is 18.2 Å². The predicted octanol–water partition coefficient (Wildman–Crippen LogP) is 1.97. The van der Waals surface area contributed by atoms with Gasteiger partial charge in [-0.25, -0.2) is 5.84 Å². The Bertz CT molecular complexity index is 412. The fourth-order valence-electron chi connectivity index (χ4n) is 2.50. The summed E-state index contributed by atoms with van der Waals surface area (Å²) in [6.45, 7) is 9.52. The second-order valence-electron chi connectivity index (χ2n) is 5.79. The second kappa shape index (κ2) is 8.64. The number of nitrogens with zero attached hydrogens (tertiary/aromatic N) is 1.